The summed E-state index contributed by atoms with van der Waals surface area (Å²) in [4.78, 5) is 0. The molecule has 0 aliphatic heterocycles. The van der Waals surface area contributed by atoms with E-state index in [0.29, 0.717) is 19.3 Å². The van der Waals surface area contributed by atoms with Crippen LogP contribution in [0, 0.1) is 0 Å². The van der Waals surface area contributed by atoms with Gasteiger partial charge in [0.2, 0.25) is 0 Å². The monoisotopic (exact) mass is 398 g/mol. The first kappa shape index (κ1) is 26.0. The number of hydrogen-bond acceptors (Lipinski definition) is 7. The van der Waals surface area contributed by atoms with Crippen molar-refractivity contribution < 1.29 is 32.3 Å². The maximum atomic E-state index is 13.3. The Morgan fingerprint density at radius 1 is 0.615 bits per heavy atom. The summed E-state index contributed by atoms with van der Waals surface area (Å²) in [6.45, 7) is 6.20. The second kappa shape index (κ2) is 16.0. The molecule has 8 heteroatoms. The average molecular weight is 398 g/mol. The highest BCUT2D eigenvalue weighted by molar-refractivity contribution is 7.48. The van der Waals surface area contributed by atoms with Gasteiger partial charge in [0.05, 0.1) is 0 Å². The largest absolute Gasteiger partial charge is 0.481 e. The van der Waals surface area contributed by atoms with E-state index >= 15 is 0 Å². The zero-order valence-corrected chi connectivity index (χ0v) is 18.3. The van der Waals surface area contributed by atoms with Crippen LogP contribution in [-0.4, -0.2) is 40.2 Å². The fraction of sp³-hybridized carbons (Fsp3) is 1.00. The molecule has 0 aromatic carbocycles. The molecule has 0 heterocycles. The van der Waals surface area contributed by atoms with Gasteiger partial charge in [-0.15, -0.1) is 0 Å². The van der Waals surface area contributed by atoms with Crippen molar-refractivity contribution in [2.75, 3.05) is 21.3 Å². The Bertz CT molecular complexity index is 315. The standard InChI is InChI=1S/C18H39O7P/c1-7-10-13-16(20-4)23-26(19,24-17(21-5)14-11-8-2)25-18(22-6)15-12-9-3/h16-18H,7-15H2,1-6H3. The molecule has 3 unspecified atom stereocenters. The maximum Gasteiger partial charge on any atom is 0.481 e. The van der Waals surface area contributed by atoms with Gasteiger partial charge in [0.25, 0.3) is 0 Å². The van der Waals surface area contributed by atoms with Crippen LogP contribution in [0.5, 0.6) is 0 Å². The van der Waals surface area contributed by atoms with E-state index in [-0.39, 0.29) is 0 Å². The van der Waals surface area contributed by atoms with Crippen LogP contribution < -0.4 is 0 Å². The fourth-order valence-corrected chi connectivity index (χ4v) is 3.85. The van der Waals surface area contributed by atoms with Gasteiger partial charge in [-0.2, -0.15) is 0 Å². The van der Waals surface area contributed by atoms with Crippen LogP contribution in [0.3, 0.4) is 0 Å². The molecule has 0 aromatic heterocycles. The highest BCUT2D eigenvalue weighted by atomic mass is 31.2. The summed E-state index contributed by atoms with van der Waals surface area (Å²) in [5.41, 5.74) is 0. The van der Waals surface area contributed by atoms with Crippen LogP contribution in [0.15, 0.2) is 0 Å². The third-order valence-electron chi connectivity index (χ3n) is 3.91. The normalized spacial score (nSPS) is 17.6. The highest BCUT2D eigenvalue weighted by Gasteiger charge is 2.37. The van der Waals surface area contributed by atoms with E-state index in [1.807, 2.05) is 0 Å². The summed E-state index contributed by atoms with van der Waals surface area (Å²) >= 11 is 0. The van der Waals surface area contributed by atoms with Crippen LogP contribution in [0.25, 0.3) is 0 Å². The minimum Gasteiger partial charge on any atom is -0.355 e. The van der Waals surface area contributed by atoms with Crippen molar-refractivity contribution in [3.63, 3.8) is 0 Å². The van der Waals surface area contributed by atoms with Crippen molar-refractivity contribution in [2.24, 2.45) is 0 Å². The number of phosphoric acid groups is 1. The Kier molecular flexibility index (Phi) is 16.0. The fourth-order valence-electron chi connectivity index (χ4n) is 2.26. The van der Waals surface area contributed by atoms with Crippen LogP contribution in [0.2, 0.25) is 0 Å². The average Bonchev–Trinajstić information content (AvgIpc) is 2.65. The minimum absolute atomic E-state index is 0.600. The maximum absolute atomic E-state index is 13.3. The molecule has 0 spiro atoms. The van der Waals surface area contributed by atoms with Crippen molar-refractivity contribution in [1.29, 1.82) is 0 Å². The number of rotatable bonds is 18. The summed E-state index contributed by atoms with van der Waals surface area (Å²) in [5.74, 6) is 0. The predicted octanol–water partition coefficient (Wildman–Crippen LogP) is 5.63. The first-order valence-electron chi connectivity index (χ1n) is 9.72. The lowest BCUT2D eigenvalue weighted by molar-refractivity contribution is -0.146. The second-order valence-electron chi connectivity index (χ2n) is 6.19. The number of ether oxygens (including phenoxy) is 3. The lowest BCUT2D eigenvalue weighted by Gasteiger charge is -2.28. The molecule has 0 radical (unpaired) electrons. The first-order valence-corrected chi connectivity index (χ1v) is 11.2. The van der Waals surface area contributed by atoms with Crippen molar-refractivity contribution in [3.8, 4) is 0 Å². The van der Waals surface area contributed by atoms with Crippen LogP contribution >= 0.6 is 7.82 Å². The Morgan fingerprint density at radius 2 is 0.885 bits per heavy atom. The van der Waals surface area contributed by atoms with Gasteiger partial charge in [-0.25, -0.2) is 4.57 Å². The van der Waals surface area contributed by atoms with Gasteiger partial charge in [0.1, 0.15) is 0 Å². The third-order valence-corrected chi connectivity index (χ3v) is 5.39. The summed E-state index contributed by atoms with van der Waals surface area (Å²) in [6, 6.07) is 0. The first-order chi connectivity index (χ1) is 12.5. The molecule has 0 aliphatic carbocycles. The molecule has 7 nitrogen and oxygen atoms in total. The lowest BCUT2D eigenvalue weighted by atomic mass is 10.2. The molecule has 0 saturated carbocycles. The van der Waals surface area contributed by atoms with Gasteiger partial charge in [-0.1, -0.05) is 40.0 Å². The van der Waals surface area contributed by atoms with Crippen molar-refractivity contribution in [3.05, 3.63) is 0 Å². The summed E-state index contributed by atoms with van der Waals surface area (Å²) in [5, 5.41) is 0. The molecule has 0 bridgehead atoms. The van der Waals surface area contributed by atoms with E-state index in [1.54, 1.807) is 0 Å². The minimum atomic E-state index is -3.93. The summed E-state index contributed by atoms with van der Waals surface area (Å²) in [7, 11) is 0.610. The topological polar surface area (TPSA) is 72.5 Å². The van der Waals surface area contributed by atoms with Crippen LogP contribution in [0.1, 0.15) is 78.6 Å². The Balaban J connectivity index is 5.16. The van der Waals surface area contributed by atoms with E-state index in [1.165, 1.54) is 21.3 Å². The Hall–Kier alpha value is -0.0100. The van der Waals surface area contributed by atoms with Crippen molar-refractivity contribution in [2.45, 2.75) is 97.4 Å². The molecule has 0 aromatic rings. The molecule has 0 fully saturated rings. The van der Waals surface area contributed by atoms with E-state index in [0.717, 1.165) is 38.5 Å². The third kappa shape index (κ3) is 11.7. The predicted molar refractivity (Wildman–Crippen MR) is 102 cm³/mol. The lowest BCUT2D eigenvalue weighted by Crippen LogP contribution is -2.24. The second-order valence-corrected chi connectivity index (χ2v) is 7.71. The van der Waals surface area contributed by atoms with Gasteiger partial charge in [-0.3, -0.25) is 13.6 Å². The Morgan fingerprint density at radius 3 is 1.08 bits per heavy atom. The van der Waals surface area contributed by atoms with E-state index in [2.05, 4.69) is 20.8 Å². The van der Waals surface area contributed by atoms with Gasteiger partial charge < -0.3 is 14.2 Å². The summed E-state index contributed by atoms with van der Waals surface area (Å²) < 4.78 is 46.1. The number of hydrogen-bond donors (Lipinski definition) is 0. The molecule has 0 saturated heterocycles. The Labute approximate surface area is 159 Å². The number of unbranched alkanes of at least 4 members (excludes halogenated alkanes) is 3. The van der Waals surface area contributed by atoms with E-state index in [4.69, 9.17) is 27.8 Å². The molecule has 0 aliphatic rings. The highest BCUT2D eigenvalue weighted by Crippen LogP contribution is 2.54. The van der Waals surface area contributed by atoms with Gasteiger partial charge in [0.15, 0.2) is 18.9 Å². The molecule has 0 amide bonds. The molecule has 0 N–H and O–H groups in total. The molecular formula is C18H39O7P. The summed E-state index contributed by atoms with van der Waals surface area (Å²) in [6.07, 6.45) is 5.35. The molecular weight excluding hydrogens is 359 g/mol. The number of methoxy groups -OCH3 is 3. The molecule has 26 heavy (non-hydrogen) atoms. The molecule has 0 rings (SSSR count). The zero-order chi connectivity index (χ0) is 19.8. The SMILES string of the molecule is CCCCC(OC)OP(=O)(OC(CCCC)OC)OC(CCCC)OC. The van der Waals surface area contributed by atoms with Gasteiger partial charge >= 0.3 is 7.82 Å². The van der Waals surface area contributed by atoms with E-state index < -0.39 is 26.7 Å². The zero-order valence-electron chi connectivity index (χ0n) is 17.4. The quantitative estimate of drug-likeness (QED) is 0.219. The number of phosphoric ester groups is 1. The van der Waals surface area contributed by atoms with Crippen molar-refractivity contribution in [1.82, 2.24) is 0 Å². The molecule has 3 atom stereocenters. The smallest absolute Gasteiger partial charge is 0.355 e. The van der Waals surface area contributed by atoms with Gasteiger partial charge in [-0.05, 0) is 38.5 Å². The van der Waals surface area contributed by atoms with Crippen molar-refractivity contribution >= 4 is 7.82 Å². The molecule has 158 valence electrons. The van der Waals surface area contributed by atoms with E-state index in [9.17, 15) is 4.57 Å². The van der Waals surface area contributed by atoms with Crippen LogP contribution in [0.4, 0.5) is 0 Å². The van der Waals surface area contributed by atoms with Crippen LogP contribution in [-0.2, 0) is 32.3 Å². The van der Waals surface area contributed by atoms with Gasteiger partial charge in [0, 0.05) is 21.3 Å².